The van der Waals surface area contributed by atoms with Crippen LogP contribution in [0.25, 0.3) is 0 Å². The SMILES string of the molecule is Cc1cnc(Nc2ccccc2C)c(Br)c1. The molecule has 2 nitrogen and oxygen atoms in total. The number of anilines is 2. The van der Waals surface area contributed by atoms with E-state index in [1.54, 1.807) is 0 Å². The number of pyridine rings is 1. The Morgan fingerprint density at radius 2 is 1.94 bits per heavy atom. The molecule has 0 aliphatic heterocycles. The molecule has 0 radical (unpaired) electrons. The maximum atomic E-state index is 4.36. The number of halogens is 1. The Balaban J connectivity index is 2.31. The molecular formula is C13H13BrN2. The second-order valence-electron chi connectivity index (χ2n) is 3.78. The normalized spacial score (nSPS) is 10.2. The number of benzene rings is 1. The van der Waals surface area contributed by atoms with E-state index in [1.165, 1.54) is 5.56 Å². The zero-order valence-electron chi connectivity index (χ0n) is 9.29. The summed E-state index contributed by atoms with van der Waals surface area (Å²) in [5.74, 6) is 0.847. The zero-order valence-corrected chi connectivity index (χ0v) is 10.9. The van der Waals surface area contributed by atoms with Crippen LogP contribution in [-0.4, -0.2) is 4.98 Å². The molecule has 1 N–H and O–H groups in total. The molecule has 2 rings (SSSR count). The molecule has 0 bridgehead atoms. The fourth-order valence-corrected chi connectivity index (χ4v) is 2.03. The van der Waals surface area contributed by atoms with Gasteiger partial charge in [0.05, 0.1) is 4.47 Å². The Labute approximate surface area is 104 Å². The molecule has 0 amide bonds. The van der Waals surface area contributed by atoms with Gasteiger partial charge in [0.25, 0.3) is 0 Å². The fourth-order valence-electron chi connectivity index (χ4n) is 1.47. The van der Waals surface area contributed by atoms with Gasteiger partial charge in [-0.15, -0.1) is 0 Å². The van der Waals surface area contributed by atoms with Crippen molar-refractivity contribution < 1.29 is 0 Å². The van der Waals surface area contributed by atoms with Crippen molar-refractivity contribution in [1.29, 1.82) is 0 Å². The molecule has 1 heterocycles. The summed E-state index contributed by atoms with van der Waals surface area (Å²) >= 11 is 3.50. The lowest BCUT2D eigenvalue weighted by Gasteiger charge is -2.10. The van der Waals surface area contributed by atoms with Crippen LogP contribution < -0.4 is 5.32 Å². The Bertz CT molecular complexity index is 509. The largest absolute Gasteiger partial charge is 0.339 e. The lowest BCUT2D eigenvalue weighted by molar-refractivity contribution is 1.24. The third kappa shape index (κ3) is 2.42. The molecule has 0 fully saturated rings. The third-order valence-corrected chi connectivity index (χ3v) is 2.98. The van der Waals surface area contributed by atoms with E-state index in [1.807, 2.05) is 37.4 Å². The van der Waals surface area contributed by atoms with Gasteiger partial charge in [-0.25, -0.2) is 4.98 Å². The molecule has 0 saturated heterocycles. The van der Waals surface area contributed by atoms with Crippen molar-refractivity contribution in [3.8, 4) is 0 Å². The predicted octanol–water partition coefficient (Wildman–Crippen LogP) is 4.20. The molecule has 1 aromatic heterocycles. The summed E-state index contributed by atoms with van der Waals surface area (Å²) in [5, 5.41) is 3.31. The maximum Gasteiger partial charge on any atom is 0.144 e. The first kappa shape index (κ1) is 11.1. The van der Waals surface area contributed by atoms with Crippen molar-refractivity contribution in [3.05, 3.63) is 52.1 Å². The van der Waals surface area contributed by atoms with E-state index in [-0.39, 0.29) is 0 Å². The highest BCUT2D eigenvalue weighted by atomic mass is 79.9. The van der Waals surface area contributed by atoms with Crippen molar-refractivity contribution in [2.24, 2.45) is 0 Å². The van der Waals surface area contributed by atoms with Gasteiger partial charge in [0.2, 0.25) is 0 Å². The third-order valence-electron chi connectivity index (χ3n) is 2.38. The van der Waals surface area contributed by atoms with Crippen LogP contribution >= 0.6 is 15.9 Å². The minimum Gasteiger partial charge on any atom is -0.339 e. The molecule has 3 heteroatoms. The monoisotopic (exact) mass is 276 g/mol. The summed E-state index contributed by atoms with van der Waals surface area (Å²) in [6.45, 7) is 4.10. The number of nitrogens with one attached hydrogen (secondary N) is 1. The van der Waals surface area contributed by atoms with Gasteiger partial charge in [0, 0.05) is 11.9 Å². The van der Waals surface area contributed by atoms with Crippen LogP contribution in [0.2, 0.25) is 0 Å². The predicted molar refractivity (Wildman–Crippen MR) is 71.1 cm³/mol. The van der Waals surface area contributed by atoms with Crippen LogP contribution in [0.15, 0.2) is 41.0 Å². The summed E-state index contributed by atoms with van der Waals surface area (Å²) in [6.07, 6.45) is 1.85. The van der Waals surface area contributed by atoms with Crippen molar-refractivity contribution in [2.75, 3.05) is 5.32 Å². The van der Waals surface area contributed by atoms with Gasteiger partial charge in [-0.1, -0.05) is 18.2 Å². The molecule has 2 aromatic rings. The second kappa shape index (κ2) is 4.66. The van der Waals surface area contributed by atoms with Crippen LogP contribution in [-0.2, 0) is 0 Å². The summed E-state index contributed by atoms with van der Waals surface area (Å²) < 4.78 is 0.982. The lowest BCUT2D eigenvalue weighted by atomic mass is 10.2. The van der Waals surface area contributed by atoms with E-state index >= 15 is 0 Å². The highest BCUT2D eigenvalue weighted by molar-refractivity contribution is 9.10. The van der Waals surface area contributed by atoms with Gasteiger partial charge in [0.1, 0.15) is 5.82 Å². The molecular weight excluding hydrogens is 264 g/mol. The number of aromatic nitrogens is 1. The highest BCUT2D eigenvalue weighted by Crippen LogP contribution is 2.25. The van der Waals surface area contributed by atoms with Gasteiger partial charge in [0.15, 0.2) is 0 Å². The Hall–Kier alpha value is -1.35. The van der Waals surface area contributed by atoms with Crippen LogP contribution in [0.4, 0.5) is 11.5 Å². The van der Waals surface area contributed by atoms with Crippen molar-refractivity contribution in [2.45, 2.75) is 13.8 Å². The lowest BCUT2D eigenvalue weighted by Crippen LogP contribution is -1.96. The first-order chi connectivity index (χ1) is 7.66. The number of hydrogen-bond donors (Lipinski definition) is 1. The molecule has 0 unspecified atom stereocenters. The van der Waals surface area contributed by atoms with Crippen LogP contribution in [0.3, 0.4) is 0 Å². The van der Waals surface area contributed by atoms with Crippen molar-refractivity contribution in [1.82, 2.24) is 4.98 Å². The summed E-state index contributed by atoms with van der Waals surface area (Å²) in [7, 11) is 0. The molecule has 1 aromatic carbocycles. The summed E-state index contributed by atoms with van der Waals surface area (Å²) in [4.78, 5) is 4.36. The first-order valence-electron chi connectivity index (χ1n) is 5.11. The van der Waals surface area contributed by atoms with E-state index in [0.717, 1.165) is 21.5 Å². The van der Waals surface area contributed by atoms with Crippen LogP contribution in [0.5, 0.6) is 0 Å². The molecule has 0 aliphatic carbocycles. The number of hydrogen-bond acceptors (Lipinski definition) is 2. The zero-order chi connectivity index (χ0) is 11.5. The fraction of sp³-hybridized carbons (Fsp3) is 0.154. The maximum absolute atomic E-state index is 4.36. The van der Waals surface area contributed by atoms with Crippen LogP contribution in [0.1, 0.15) is 11.1 Å². The minimum atomic E-state index is 0.847. The van der Waals surface area contributed by atoms with Crippen molar-refractivity contribution >= 4 is 27.4 Å². The molecule has 82 valence electrons. The van der Waals surface area contributed by atoms with E-state index in [4.69, 9.17) is 0 Å². The molecule has 0 saturated carbocycles. The van der Waals surface area contributed by atoms with Gasteiger partial charge in [-0.2, -0.15) is 0 Å². The van der Waals surface area contributed by atoms with Crippen LogP contribution in [0, 0.1) is 13.8 Å². The summed E-state index contributed by atoms with van der Waals surface area (Å²) in [5.41, 5.74) is 3.43. The average Bonchev–Trinajstić information content (AvgIpc) is 2.25. The molecule has 0 aliphatic rings. The molecule has 0 spiro atoms. The Morgan fingerprint density at radius 3 is 2.62 bits per heavy atom. The van der Waals surface area contributed by atoms with Crippen molar-refractivity contribution in [3.63, 3.8) is 0 Å². The number of nitrogens with zero attached hydrogens (tertiary/aromatic N) is 1. The highest BCUT2D eigenvalue weighted by Gasteiger charge is 2.03. The summed E-state index contributed by atoms with van der Waals surface area (Å²) in [6, 6.07) is 10.2. The second-order valence-corrected chi connectivity index (χ2v) is 4.64. The van der Waals surface area contributed by atoms with E-state index in [0.29, 0.717) is 0 Å². The Morgan fingerprint density at radius 1 is 1.19 bits per heavy atom. The molecule has 0 atom stereocenters. The smallest absolute Gasteiger partial charge is 0.144 e. The van der Waals surface area contributed by atoms with E-state index in [2.05, 4.69) is 39.2 Å². The van der Waals surface area contributed by atoms with Gasteiger partial charge in [-0.05, 0) is 53.0 Å². The van der Waals surface area contributed by atoms with E-state index < -0.39 is 0 Å². The number of para-hydroxylation sites is 1. The minimum absolute atomic E-state index is 0.847. The molecule has 16 heavy (non-hydrogen) atoms. The average molecular weight is 277 g/mol. The number of aryl methyl sites for hydroxylation is 2. The van der Waals surface area contributed by atoms with Gasteiger partial charge >= 0.3 is 0 Å². The number of rotatable bonds is 2. The van der Waals surface area contributed by atoms with Gasteiger partial charge < -0.3 is 5.32 Å². The Kier molecular flexibility index (Phi) is 3.25. The first-order valence-corrected chi connectivity index (χ1v) is 5.91. The van der Waals surface area contributed by atoms with E-state index in [9.17, 15) is 0 Å². The standard InChI is InChI=1S/C13H13BrN2/c1-9-7-11(14)13(15-8-9)16-12-6-4-3-5-10(12)2/h3-8H,1-2H3,(H,15,16). The topological polar surface area (TPSA) is 24.9 Å². The van der Waals surface area contributed by atoms with Gasteiger partial charge in [-0.3, -0.25) is 0 Å². The quantitative estimate of drug-likeness (QED) is 0.889.